The van der Waals surface area contributed by atoms with E-state index in [0.717, 1.165) is 10.1 Å². The molecule has 0 saturated heterocycles. The molecule has 0 spiro atoms. The smallest absolute Gasteiger partial charge is 0.332 e. The number of aromatic nitrogens is 5. The average Bonchev–Trinajstić information content (AvgIpc) is 3.43. The Labute approximate surface area is 185 Å². The fraction of sp³-hybridized carbons (Fsp3) is 0.250. The highest BCUT2D eigenvalue weighted by Gasteiger charge is 2.17. The van der Waals surface area contributed by atoms with E-state index in [2.05, 4.69) is 15.3 Å². The van der Waals surface area contributed by atoms with Gasteiger partial charge in [-0.2, -0.15) is 0 Å². The summed E-state index contributed by atoms with van der Waals surface area (Å²) in [5, 5.41) is 4.95. The molecule has 1 N–H and O–H groups in total. The van der Waals surface area contributed by atoms with E-state index >= 15 is 0 Å². The molecule has 0 unspecified atom stereocenters. The molecule has 1 amide bonds. The fourth-order valence-corrected chi connectivity index (χ4v) is 4.03. The highest BCUT2D eigenvalue weighted by atomic mass is 32.1. The van der Waals surface area contributed by atoms with E-state index in [0.29, 0.717) is 22.3 Å². The van der Waals surface area contributed by atoms with Crippen LogP contribution in [0.3, 0.4) is 0 Å². The van der Waals surface area contributed by atoms with Gasteiger partial charge < -0.3 is 19.4 Å². The van der Waals surface area contributed by atoms with Gasteiger partial charge in [0.2, 0.25) is 5.91 Å². The number of imidazole rings is 1. The van der Waals surface area contributed by atoms with Crippen LogP contribution in [0.1, 0.15) is 0 Å². The van der Waals surface area contributed by atoms with Gasteiger partial charge in [0.1, 0.15) is 6.54 Å². The molecule has 32 heavy (non-hydrogen) atoms. The number of rotatable bonds is 6. The molecule has 0 aliphatic carbocycles. The normalized spacial score (nSPS) is 11.0. The molecule has 0 fully saturated rings. The Balaban J connectivity index is 1.55. The zero-order chi connectivity index (χ0) is 23.0. The van der Waals surface area contributed by atoms with Gasteiger partial charge in [0.05, 0.1) is 26.2 Å². The molecule has 1 aromatic carbocycles. The number of hydrogen-bond acceptors (Lipinski definition) is 8. The Bertz CT molecular complexity index is 1450. The quantitative estimate of drug-likeness (QED) is 0.463. The number of benzene rings is 1. The first kappa shape index (κ1) is 21.3. The number of nitrogens with zero attached hydrogens (tertiary/aromatic N) is 5. The molecule has 0 bridgehead atoms. The summed E-state index contributed by atoms with van der Waals surface area (Å²) in [5.74, 6) is 0.802. The van der Waals surface area contributed by atoms with Gasteiger partial charge in [0.15, 0.2) is 27.8 Å². The lowest BCUT2D eigenvalue weighted by atomic mass is 10.1. The first-order valence-electron chi connectivity index (χ1n) is 9.42. The standard InChI is InChI=1S/C20H20N6O5S/c1-24-17-16(18(28)25(2)20(24)29)26(10-21-17)8-15(27)23-19-22-12(9-32-19)11-5-6-13(30-3)14(7-11)31-4/h5-7,9-10H,8H2,1-4H3,(H,22,23,27). The molecule has 12 heteroatoms. The molecule has 11 nitrogen and oxygen atoms in total. The number of anilines is 1. The van der Waals surface area contributed by atoms with Crippen molar-refractivity contribution in [1.29, 1.82) is 0 Å². The third-order valence-electron chi connectivity index (χ3n) is 4.96. The fourth-order valence-electron chi connectivity index (χ4n) is 3.29. The minimum atomic E-state index is -0.515. The maximum Gasteiger partial charge on any atom is 0.332 e. The van der Waals surface area contributed by atoms with Gasteiger partial charge in [-0.25, -0.2) is 14.8 Å². The van der Waals surface area contributed by atoms with E-state index in [9.17, 15) is 14.4 Å². The van der Waals surface area contributed by atoms with Crippen molar-refractivity contribution in [2.75, 3.05) is 19.5 Å². The summed E-state index contributed by atoms with van der Waals surface area (Å²) in [5.41, 5.74) is 0.875. The van der Waals surface area contributed by atoms with Gasteiger partial charge in [0, 0.05) is 25.0 Å². The number of carbonyl (C=O) groups excluding carboxylic acids is 1. The summed E-state index contributed by atoms with van der Waals surface area (Å²) in [7, 11) is 6.02. The molecule has 0 radical (unpaired) electrons. The van der Waals surface area contributed by atoms with Crippen molar-refractivity contribution in [3.05, 3.63) is 50.7 Å². The summed E-state index contributed by atoms with van der Waals surface area (Å²) in [4.78, 5) is 45.7. The van der Waals surface area contributed by atoms with E-state index in [1.807, 2.05) is 11.4 Å². The summed E-state index contributed by atoms with van der Waals surface area (Å²) < 4.78 is 14.2. The number of aryl methyl sites for hydroxylation is 1. The molecule has 4 rings (SSSR count). The van der Waals surface area contributed by atoms with E-state index in [-0.39, 0.29) is 23.6 Å². The van der Waals surface area contributed by atoms with Crippen molar-refractivity contribution in [3.8, 4) is 22.8 Å². The third-order valence-corrected chi connectivity index (χ3v) is 5.72. The monoisotopic (exact) mass is 456 g/mol. The Kier molecular flexibility index (Phi) is 5.53. The lowest BCUT2D eigenvalue weighted by Crippen LogP contribution is -2.37. The molecular weight excluding hydrogens is 436 g/mol. The van der Waals surface area contributed by atoms with Crippen LogP contribution in [0.4, 0.5) is 5.13 Å². The highest BCUT2D eigenvalue weighted by Crippen LogP contribution is 2.33. The number of nitrogens with one attached hydrogen (secondary N) is 1. The van der Waals surface area contributed by atoms with E-state index in [1.165, 1.54) is 40.9 Å². The molecule has 3 aromatic heterocycles. The number of thiazole rings is 1. The third kappa shape index (κ3) is 3.64. The second kappa shape index (κ2) is 8.30. The zero-order valence-electron chi connectivity index (χ0n) is 17.8. The second-order valence-corrected chi connectivity index (χ2v) is 7.76. The van der Waals surface area contributed by atoms with Gasteiger partial charge in [-0.1, -0.05) is 0 Å². The first-order chi connectivity index (χ1) is 15.3. The van der Waals surface area contributed by atoms with Crippen LogP contribution in [0, 0.1) is 0 Å². The van der Waals surface area contributed by atoms with Crippen molar-refractivity contribution in [3.63, 3.8) is 0 Å². The summed E-state index contributed by atoms with van der Waals surface area (Å²) >= 11 is 1.27. The highest BCUT2D eigenvalue weighted by molar-refractivity contribution is 7.14. The Morgan fingerprint density at radius 3 is 2.59 bits per heavy atom. The van der Waals surface area contributed by atoms with E-state index in [1.54, 1.807) is 26.4 Å². The van der Waals surface area contributed by atoms with Crippen molar-refractivity contribution in [2.45, 2.75) is 6.54 Å². The maximum atomic E-state index is 12.6. The number of amides is 1. The SMILES string of the molecule is COc1ccc(-c2csc(NC(=O)Cn3cnc4c3c(=O)n(C)c(=O)n4C)n2)cc1OC. The van der Waals surface area contributed by atoms with Crippen molar-refractivity contribution in [1.82, 2.24) is 23.7 Å². The van der Waals surface area contributed by atoms with Crippen LogP contribution < -0.4 is 26.0 Å². The van der Waals surface area contributed by atoms with Crippen LogP contribution in [0.5, 0.6) is 11.5 Å². The lowest BCUT2D eigenvalue weighted by molar-refractivity contribution is -0.116. The molecular formula is C20H20N6O5S. The van der Waals surface area contributed by atoms with Crippen LogP contribution in [0.2, 0.25) is 0 Å². The van der Waals surface area contributed by atoms with Crippen molar-refractivity contribution >= 4 is 33.5 Å². The van der Waals surface area contributed by atoms with Crippen LogP contribution in [0.25, 0.3) is 22.4 Å². The number of ether oxygens (including phenoxy) is 2. The molecule has 0 aliphatic rings. The molecule has 166 valence electrons. The van der Waals surface area contributed by atoms with Gasteiger partial charge in [-0.15, -0.1) is 11.3 Å². The molecule has 0 saturated carbocycles. The maximum absolute atomic E-state index is 12.6. The molecule has 0 aliphatic heterocycles. The Morgan fingerprint density at radius 1 is 1.12 bits per heavy atom. The predicted octanol–water partition coefficient (Wildman–Crippen LogP) is 1.21. The molecule has 3 heterocycles. The van der Waals surface area contributed by atoms with Crippen molar-refractivity contribution in [2.24, 2.45) is 14.1 Å². The summed E-state index contributed by atoms with van der Waals surface area (Å²) in [6, 6.07) is 5.43. The topological polar surface area (TPSA) is 122 Å². The predicted molar refractivity (Wildman–Crippen MR) is 119 cm³/mol. The van der Waals surface area contributed by atoms with Crippen molar-refractivity contribution < 1.29 is 14.3 Å². The molecule has 4 aromatic rings. The summed E-state index contributed by atoms with van der Waals surface area (Å²) in [6.45, 7) is -0.158. The van der Waals surface area contributed by atoms with Crippen LogP contribution in [0.15, 0.2) is 39.5 Å². The largest absolute Gasteiger partial charge is 0.493 e. The van der Waals surface area contributed by atoms with Gasteiger partial charge in [-0.05, 0) is 18.2 Å². The van der Waals surface area contributed by atoms with Crippen LogP contribution in [-0.4, -0.2) is 43.8 Å². The van der Waals surface area contributed by atoms with Gasteiger partial charge in [0.25, 0.3) is 5.56 Å². The lowest BCUT2D eigenvalue weighted by Gasteiger charge is -2.08. The van der Waals surface area contributed by atoms with E-state index < -0.39 is 11.2 Å². The Hall–Kier alpha value is -3.93. The average molecular weight is 456 g/mol. The summed E-state index contributed by atoms with van der Waals surface area (Å²) in [6.07, 6.45) is 1.36. The van der Waals surface area contributed by atoms with Gasteiger partial charge >= 0.3 is 5.69 Å². The second-order valence-electron chi connectivity index (χ2n) is 6.91. The number of carbonyl (C=O) groups is 1. The van der Waals surface area contributed by atoms with Crippen LogP contribution >= 0.6 is 11.3 Å². The number of fused-ring (bicyclic) bond motifs is 1. The van der Waals surface area contributed by atoms with E-state index in [4.69, 9.17) is 9.47 Å². The Morgan fingerprint density at radius 2 is 1.88 bits per heavy atom. The molecule has 0 atom stereocenters. The minimum Gasteiger partial charge on any atom is -0.493 e. The number of methoxy groups -OCH3 is 2. The number of hydrogen-bond donors (Lipinski definition) is 1. The zero-order valence-corrected chi connectivity index (χ0v) is 18.6. The minimum absolute atomic E-state index is 0.158. The van der Waals surface area contributed by atoms with Gasteiger partial charge in [-0.3, -0.25) is 18.7 Å². The first-order valence-corrected chi connectivity index (χ1v) is 10.3. The van der Waals surface area contributed by atoms with Crippen LogP contribution in [-0.2, 0) is 25.4 Å².